The zero-order valence-electron chi connectivity index (χ0n) is 9.44. The quantitative estimate of drug-likeness (QED) is 0.515. The molecule has 18 heavy (non-hydrogen) atoms. The summed E-state index contributed by atoms with van der Waals surface area (Å²) in [6.45, 7) is -2.06. The van der Waals surface area contributed by atoms with Crippen LogP contribution in [0.15, 0.2) is 0 Å². The lowest BCUT2D eigenvalue weighted by molar-refractivity contribution is -0.139. The Bertz CT molecular complexity index is 504. The number of nitrogens with zero attached hydrogens (tertiary/aromatic N) is 1. The zero-order valence-corrected chi connectivity index (χ0v) is 11.1. The molecule has 0 aromatic carbocycles. The minimum atomic E-state index is -4.25. The minimum Gasteiger partial charge on any atom is -0.480 e. The molecule has 106 valence electrons. The number of sulfonamides is 1. The molecule has 0 bridgehead atoms. The maximum absolute atomic E-state index is 11.6. The van der Waals surface area contributed by atoms with Crippen LogP contribution < -0.4 is 0 Å². The highest BCUT2D eigenvalue weighted by Crippen LogP contribution is 2.03. The predicted molar refractivity (Wildman–Crippen MR) is 60.3 cm³/mol. The monoisotopic (exact) mass is 303 g/mol. The maximum atomic E-state index is 11.6. The van der Waals surface area contributed by atoms with Crippen LogP contribution in [0.2, 0.25) is 0 Å². The van der Waals surface area contributed by atoms with Crippen LogP contribution in [0, 0.1) is 0 Å². The van der Waals surface area contributed by atoms with Crippen LogP contribution in [-0.4, -0.2) is 74.1 Å². The van der Waals surface area contributed by atoms with Gasteiger partial charge in [0.1, 0.15) is 22.9 Å². The molecular weight excluding hydrogens is 290 g/mol. The maximum Gasteiger partial charge on any atom is 0.318 e. The molecule has 0 atom stereocenters. The topological polar surface area (TPSA) is 146 Å². The molecule has 0 heterocycles. The Balaban J connectivity index is 4.96. The highest BCUT2D eigenvalue weighted by atomic mass is 32.2. The lowest BCUT2D eigenvalue weighted by atomic mass is 10.6. The van der Waals surface area contributed by atoms with E-state index in [1.54, 1.807) is 0 Å². The summed E-state index contributed by atoms with van der Waals surface area (Å²) >= 11 is 0. The third kappa shape index (κ3) is 7.19. The van der Waals surface area contributed by atoms with Crippen LogP contribution in [0.5, 0.6) is 0 Å². The summed E-state index contributed by atoms with van der Waals surface area (Å²) in [6, 6.07) is 0. The van der Waals surface area contributed by atoms with Gasteiger partial charge in [0.25, 0.3) is 0 Å². The lowest BCUT2D eigenvalue weighted by Crippen LogP contribution is -2.41. The molecule has 0 spiro atoms. The standard InChI is InChI=1S/C7H13NO8S2/c1-17(13,14)2-3-18(15,16)8(4-6(9)10)5-7(11)12/h2-5H2,1H3,(H,9,10)(H,11,12). The molecule has 0 aliphatic carbocycles. The number of carbonyl (C=O) groups is 2. The summed E-state index contributed by atoms with van der Waals surface area (Å²) in [5.74, 6) is -4.62. The summed E-state index contributed by atoms with van der Waals surface area (Å²) in [4.78, 5) is 20.8. The van der Waals surface area contributed by atoms with Gasteiger partial charge in [0.05, 0.1) is 11.5 Å². The van der Waals surface area contributed by atoms with Crippen molar-refractivity contribution in [3.63, 3.8) is 0 Å². The van der Waals surface area contributed by atoms with Crippen LogP contribution in [0.1, 0.15) is 0 Å². The average Bonchev–Trinajstić information content (AvgIpc) is 2.11. The number of carboxylic acids is 2. The molecule has 0 aliphatic heterocycles. The van der Waals surface area contributed by atoms with Crippen molar-refractivity contribution >= 4 is 31.8 Å². The average molecular weight is 303 g/mol. The molecule has 2 N–H and O–H groups in total. The first kappa shape index (κ1) is 16.8. The van der Waals surface area contributed by atoms with Crippen molar-refractivity contribution in [1.29, 1.82) is 0 Å². The fourth-order valence-corrected chi connectivity index (χ4v) is 3.87. The molecular formula is C7H13NO8S2. The van der Waals surface area contributed by atoms with Gasteiger partial charge < -0.3 is 10.2 Å². The smallest absolute Gasteiger partial charge is 0.318 e. The first-order chi connectivity index (χ1) is 7.94. The molecule has 0 aliphatic rings. The molecule has 0 rings (SSSR count). The second-order valence-corrected chi connectivity index (χ2v) is 7.85. The van der Waals surface area contributed by atoms with Gasteiger partial charge in [-0.2, -0.15) is 4.31 Å². The van der Waals surface area contributed by atoms with E-state index in [1.165, 1.54) is 0 Å². The van der Waals surface area contributed by atoms with Gasteiger partial charge in [-0.1, -0.05) is 0 Å². The SMILES string of the molecule is CS(=O)(=O)CCS(=O)(=O)N(CC(=O)O)CC(=O)O. The van der Waals surface area contributed by atoms with Gasteiger partial charge >= 0.3 is 11.9 Å². The van der Waals surface area contributed by atoms with Crippen molar-refractivity contribution < 1.29 is 36.6 Å². The van der Waals surface area contributed by atoms with E-state index in [1.807, 2.05) is 0 Å². The van der Waals surface area contributed by atoms with Crippen molar-refractivity contribution in [3.05, 3.63) is 0 Å². The Kier molecular flexibility index (Phi) is 5.70. The van der Waals surface area contributed by atoms with Gasteiger partial charge in [-0.15, -0.1) is 0 Å². The molecule has 0 aromatic rings. The Labute approximate surface area is 104 Å². The molecule has 0 fully saturated rings. The van der Waals surface area contributed by atoms with E-state index in [2.05, 4.69) is 0 Å². The van der Waals surface area contributed by atoms with E-state index in [9.17, 15) is 26.4 Å². The van der Waals surface area contributed by atoms with E-state index < -0.39 is 56.4 Å². The Hall–Kier alpha value is -1.20. The molecule has 9 nitrogen and oxygen atoms in total. The van der Waals surface area contributed by atoms with Crippen LogP contribution in [0.4, 0.5) is 0 Å². The number of hydrogen-bond donors (Lipinski definition) is 2. The normalized spacial score (nSPS) is 12.6. The van der Waals surface area contributed by atoms with Crippen molar-refractivity contribution in [1.82, 2.24) is 4.31 Å². The summed E-state index contributed by atoms with van der Waals surface area (Å²) < 4.78 is 45.0. The van der Waals surface area contributed by atoms with Crippen LogP contribution in [-0.2, 0) is 29.4 Å². The highest BCUT2D eigenvalue weighted by molar-refractivity contribution is 7.93. The van der Waals surface area contributed by atoms with Gasteiger partial charge in [-0.3, -0.25) is 9.59 Å². The van der Waals surface area contributed by atoms with Crippen molar-refractivity contribution in [2.75, 3.05) is 30.9 Å². The highest BCUT2D eigenvalue weighted by Gasteiger charge is 2.27. The Morgan fingerprint density at radius 3 is 1.61 bits per heavy atom. The van der Waals surface area contributed by atoms with E-state index in [-0.39, 0.29) is 4.31 Å². The summed E-state index contributed by atoms with van der Waals surface area (Å²) in [6.07, 6.45) is 0.821. The van der Waals surface area contributed by atoms with Crippen LogP contribution in [0.3, 0.4) is 0 Å². The largest absolute Gasteiger partial charge is 0.480 e. The molecule has 0 aromatic heterocycles. The van der Waals surface area contributed by atoms with Crippen LogP contribution >= 0.6 is 0 Å². The number of hydrogen-bond acceptors (Lipinski definition) is 6. The molecule has 0 amide bonds. The Morgan fingerprint density at radius 2 is 1.33 bits per heavy atom. The van der Waals surface area contributed by atoms with Crippen molar-refractivity contribution in [2.24, 2.45) is 0 Å². The minimum absolute atomic E-state index is 0.211. The predicted octanol–water partition coefficient (Wildman–Crippen LogP) is -2.17. The van der Waals surface area contributed by atoms with Gasteiger partial charge in [-0.25, -0.2) is 16.8 Å². The lowest BCUT2D eigenvalue weighted by Gasteiger charge is -2.17. The second kappa shape index (κ2) is 6.11. The fourth-order valence-electron chi connectivity index (χ4n) is 0.940. The first-order valence-electron chi connectivity index (χ1n) is 4.53. The third-order valence-corrected chi connectivity index (χ3v) is 4.70. The van der Waals surface area contributed by atoms with Crippen molar-refractivity contribution in [2.45, 2.75) is 0 Å². The number of sulfone groups is 1. The van der Waals surface area contributed by atoms with E-state index in [0.717, 1.165) is 6.26 Å². The number of rotatable bonds is 8. The molecule has 0 radical (unpaired) electrons. The van der Waals surface area contributed by atoms with Gasteiger partial charge in [-0.05, 0) is 0 Å². The first-order valence-corrected chi connectivity index (χ1v) is 8.20. The van der Waals surface area contributed by atoms with Crippen LogP contribution in [0.25, 0.3) is 0 Å². The van der Waals surface area contributed by atoms with Gasteiger partial charge in [0.2, 0.25) is 10.0 Å². The molecule has 0 saturated heterocycles. The summed E-state index contributed by atoms with van der Waals surface area (Å²) in [5.41, 5.74) is 0. The van der Waals surface area contributed by atoms with E-state index >= 15 is 0 Å². The Morgan fingerprint density at radius 1 is 0.944 bits per heavy atom. The zero-order chi connectivity index (χ0) is 14.6. The summed E-state index contributed by atoms with van der Waals surface area (Å²) in [7, 11) is -7.80. The van der Waals surface area contributed by atoms with Crippen molar-refractivity contribution in [3.8, 4) is 0 Å². The van der Waals surface area contributed by atoms with E-state index in [4.69, 9.17) is 10.2 Å². The molecule has 0 saturated carbocycles. The molecule has 11 heteroatoms. The second-order valence-electron chi connectivity index (χ2n) is 3.50. The van der Waals surface area contributed by atoms with Gasteiger partial charge in [0, 0.05) is 6.26 Å². The fraction of sp³-hybridized carbons (Fsp3) is 0.714. The molecule has 0 unspecified atom stereocenters. The van der Waals surface area contributed by atoms with Gasteiger partial charge in [0.15, 0.2) is 0 Å². The summed E-state index contributed by atoms with van der Waals surface area (Å²) in [5, 5.41) is 16.9. The number of carboxylic acid groups (broad SMARTS) is 2. The third-order valence-electron chi connectivity index (χ3n) is 1.73. The van der Waals surface area contributed by atoms with E-state index in [0.29, 0.717) is 0 Å². The number of aliphatic carboxylic acids is 2.